The number of aliphatic hydroxyl groups is 1. The molecule has 8 nitrogen and oxygen atoms in total. The standard InChI is InChI=1S/C21H22ClN7O/c1-12(28-21-18-20(25-10-24-18)26-11-27-21)15-8-16(22)14-5-2-6-23-17(14)19(15)29-7-3-4-13(30)9-29/h2,5-6,8,10-13,30H,3-4,7,9H2,1H3,(H2,24,25,26,27,28)/t12?,13-/m0/s1. The van der Waals surface area contributed by atoms with E-state index in [9.17, 15) is 5.11 Å². The molecule has 0 amide bonds. The van der Waals surface area contributed by atoms with Gasteiger partial charge in [0.25, 0.3) is 0 Å². The zero-order chi connectivity index (χ0) is 20.7. The minimum Gasteiger partial charge on any atom is -0.391 e. The lowest BCUT2D eigenvalue weighted by Gasteiger charge is -2.35. The molecule has 3 aromatic heterocycles. The minimum absolute atomic E-state index is 0.121. The molecule has 1 aliphatic heterocycles. The van der Waals surface area contributed by atoms with E-state index in [1.807, 2.05) is 18.2 Å². The molecule has 5 rings (SSSR count). The second-order valence-electron chi connectivity index (χ2n) is 7.63. The summed E-state index contributed by atoms with van der Waals surface area (Å²) in [6, 6.07) is 5.74. The number of aromatic nitrogens is 5. The van der Waals surface area contributed by atoms with Crippen LogP contribution in [0, 0.1) is 0 Å². The Hall–Kier alpha value is -2.97. The number of hydrogen-bond acceptors (Lipinski definition) is 7. The number of pyridine rings is 1. The fourth-order valence-electron chi connectivity index (χ4n) is 4.18. The van der Waals surface area contributed by atoms with Gasteiger partial charge in [0.05, 0.1) is 34.7 Å². The molecule has 0 radical (unpaired) electrons. The number of benzene rings is 1. The molecule has 1 unspecified atom stereocenters. The third kappa shape index (κ3) is 3.32. The van der Waals surface area contributed by atoms with Crippen molar-refractivity contribution >= 4 is 45.2 Å². The Balaban J connectivity index is 1.62. The van der Waals surface area contributed by atoms with Crippen molar-refractivity contribution in [3.63, 3.8) is 0 Å². The lowest BCUT2D eigenvalue weighted by molar-refractivity contribution is 0.154. The number of aromatic amines is 1. The summed E-state index contributed by atoms with van der Waals surface area (Å²) in [6.45, 7) is 3.50. The summed E-state index contributed by atoms with van der Waals surface area (Å²) in [5.41, 5.74) is 4.22. The molecule has 9 heteroatoms. The van der Waals surface area contributed by atoms with Gasteiger partial charge in [0.1, 0.15) is 11.8 Å². The van der Waals surface area contributed by atoms with E-state index >= 15 is 0 Å². The molecule has 154 valence electrons. The minimum atomic E-state index is -0.351. The molecular weight excluding hydrogens is 402 g/mol. The summed E-state index contributed by atoms with van der Waals surface area (Å²) in [4.78, 5) is 22.7. The first-order valence-corrected chi connectivity index (χ1v) is 10.4. The van der Waals surface area contributed by atoms with Crippen LogP contribution in [0.5, 0.6) is 0 Å². The smallest absolute Gasteiger partial charge is 0.182 e. The van der Waals surface area contributed by atoms with Gasteiger partial charge in [0, 0.05) is 30.2 Å². The van der Waals surface area contributed by atoms with Crippen LogP contribution in [0.1, 0.15) is 31.4 Å². The monoisotopic (exact) mass is 423 g/mol. The molecule has 30 heavy (non-hydrogen) atoms. The van der Waals surface area contributed by atoms with E-state index in [0.29, 0.717) is 23.0 Å². The highest BCUT2D eigenvalue weighted by Gasteiger charge is 2.26. The van der Waals surface area contributed by atoms with Crippen molar-refractivity contribution < 1.29 is 5.11 Å². The van der Waals surface area contributed by atoms with Crippen molar-refractivity contribution in [3.05, 3.63) is 47.6 Å². The number of nitrogens with one attached hydrogen (secondary N) is 2. The number of imidazole rings is 1. The van der Waals surface area contributed by atoms with E-state index in [4.69, 9.17) is 11.6 Å². The molecule has 0 spiro atoms. The summed E-state index contributed by atoms with van der Waals surface area (Å²) in [5.74, 6) is 0.673. The van der Waals surface area contributed by atoms with E-state index in [2.05, 4.69) is 42.1 Å². The van der Waals surface area contributed by atoms with Crippen LogP contribution in [-0.2, 0) is 0 Å². The summed E-state index contributed by atoms with van der Waals surface area (Å²) < 4.78 is 0. The molecule has 4 aromatic rings. The number of fused-ring (bicyclic) bond motifs is 2. The van der Waals surface area contributed by atoms with Gasteiger partial charge in [-0.25, -0.2) is 15.0 Å². The first-order chi connectivity index (χ1) is 14.6. The summed E-state index contributed by atoms with van der Waals surface area (Å²) in [7, 11) is 0. The van der Waals surface area contributed by atoms with Gasteiger partial charge in [-0.15, -0.1) is 0 Å². The first-order valence-electron chi connectivity index (χ1n) is 10.0. The number of hydrogen-bond donors (Lipinski definition) is 3. The SMILES string of the molecule is CC(Nc1ncnc2nc[nH]c12)c1cc(Cl)c2cccnc2c1N1CCC[C@H](O)C1. The summed E-state index contributed by atoms with van der Waals surface area (Å²) >= 11 is 6.65. The largest absolute Gasteiger partial charge is 0.391 e. The average Bonchev–Trinajstić information content (AvgIpc) is 3.23. The van der Waals surface area contributed by atoms with Crippen LogP contribution in [0.2, 0.25) is 5.02 Å². The second kappa shape index (κ2) is 7.70. The van der Waals surface area contributed by atoms with E-state index in [-0.39, 0.29) is 12.1 Å². The Kier molecular flexibility index (Phi) is 4.88. The van der Waals surface area contributed by atoms with Crippen LogP contribution in [0.15, 0.2) is 37.1 Å². The van der Waals surface area contributed by atoms with E-state index in [0.717, 1.165) is 47.1 Å². The zero-order valence-corrected chi connectivity index (χ0v) is 17.3. The maximum atomic E-state index is 10.3. The number of nitrogens with zero attached hydrogens (tertiary/aromatic N) is 5. The van der Waals surface area contributed by atoms with Crippen molar-refractivity contribution in [2.45, 2.75) is 31.9 Å². The predicted molar refractivity (Wildman–Crippen MR) is 118 cm³/mol. The molecule has 0 bridgehead atoms. The van der Waals surface area contributed by atoms with Crippen molar-refractivity contribution in [2.24, 2.45) is 0 Å². The lowest BCUT2D eigenvalue weighted by atomic mass is 9.98. The molecule has 4 heterocycles. The van der Waals surface area contributed by atoms with E-state index in [1.54, 1.807) is 12.5 Å². The molecule has 1 fully saturated rings. The molecule has 1 saturated heterocycles. The van der Waals surface area contributed by atoms with E-state index < -0.39 is 0 Å². The Morgan fingerprint density at radius 2 is 2.20 bits per heavy atom. The Morgan fingerprint density at radius 1 is 1.30 bits per heavy atom. The average molecular weight is 424 g/mol. The number of halogens is 1. The van der Waals surface area contributed by atoms with Gasteiger partial charge in [0.2, 0.25) is 0 Å². The number of aliphatic hydroxyl groups excluding tert-OH is 1. The third-order valence-corrected chi connectivity index (χ3v) is 5.91. The Bertz CT molecular complexity index is 1210. The predicted octanol–water partition coefficient (Wildman–Crippen LogP) is 3.69. The van der Waals surface area contributed by atoms with Gasteiger partial charge in [-0.3, -0.25) is 4.98 Å². The van der Waals surface area contributed by atoms with Crippen molar-refractivity contribution in [1.82, 2.24) is 24.9 Å². The van der Waals surface area contributed by atoms with Crippen LogP contribution < -0.4 is 10.2 Å². The molecule has 1 aliphatic rings. The molecule has 3 N–H and O–H groups in total. The quantitative estimate of drug-likeness (QED) is 0.460. The zero-order valence-electron chi connectivity index (χ0n) is 16.5. The van der Waals surface area contributed by atoms with Crippen LogP contribution >= 0.6 is 11.6 Å². The molecule has 2 atom stereocenters. The molecule has 1 aromatic carbocycles. The third-order valence-electron chi connectivity index (χ3n) is 5.60. The van der Waals surface area contributed by atoms with Crippen LogP contribution in [-0.4, -0.2) is 49.2 Å². The van der Waals surface area contributed by atoms with Gasteiger partial charge in [-0.05, 0) is 38.0 Å². The van der Waals surface area contributed by atoms with Crippen LogP contribution in [0.25, 0.3) is 22.1 Å². The topological polar surface area (TPSA) is 103 Å². The molecule has 0 aliphatic carbocycles. The number of anilines is 2. The van der Waals surface area contributed by atoms with Gasteiger partial charge >= 0.3 is 0 Å². The lowest BCUT2D eigenvalue weighted by Crippen LogP contribution is -2.39. The van der Waals surface area contributed by atoms with Crippen molar-refractivity contribution in [2.75, 3.05) is 23.3 Å². The van der Waals surface area contributed by atoms with Crippen molar-refractivity contribution in [3.8, 4) is 0 Å². The normalized spacial score (nSPS) is 18.1. The highest BCUT2D eigenvalue weighted by Crippen LogP contribution is 2.39. The molecule has 0 saturated carbocycles. The highest BCUT2D eigenvalue weighted by molar-refractivity contribution is 6.36. The Morgan fingerprint density at radius 3 is 3.07 bits per heavy atom. The maximum Gasteiger partial charge on any atom is 0.182 e. The van der Waals surface area contributed by atoms with Crippen LogP contribution in [0.3, 0.4) is 0 Å². The van der Waals surface area contributed by atoms with E-state index in [1.165, 1.54) is 6.33 Å². The van der Waals surface area contributed by atoms with Gasteiger partial charge < -0.3 is 20.3 Å². The number of piperidine rings is 1. The Labute approximate surface area is 178 Å². The van der Waals surface area contributed by atoms with Gasteiger partial charge in [-0.1, -0.05) is 11.6 Å². The summed E-state index contributed by atoms with van der Waals surface area (Å²) in [5, 5.41) is 15.3. The van der Waals surface area contributed by atoms with Crippen LogP contribution in [0.4, 0.5) is 11.5 Å². The maximum absolute atomic E-state index is 10.3. The highest BCUT2D eigenvalue weighted by atomic mass is 35.5. The number of rotatable bonds is 4. The van der Waals surface area contributed by atoms with Gasteiger partial charge in [0.15, 0.2) is 11.5 Å². The number of β-amino-alcohol motifs (C(OH)–C–C–N with tert-alkyl or cyclic N) is 1. The first kappa shape index (κ1) is 19.0. The fourth-order valence-corrected chi connectivity index (χ4v) is 4.45. The van der Waals surface area contributed by atoms with Crippen molar-refractivity contribution in [1.29, 1.82) is 0 Å². The number of H-pyrrole nitrogens is 1. The summed E-state index contributed by atoms with van der Waals surface area (Å²) in [6.07, 6.45) is 6.28. The van der Waals surface area contributed by atoms with Gasteiger partial charge in [-0.2, -0.15) is 0 Å². The fraction of sp³-hybridized carbons (Fsp3) is 0.333. The second-order valence-corrected chi connectivity index (χ2v) is 8.03. The molecular formula is C21H22ClN7O.